The number of rotatable bonds is 7. The van der Waals surface area contributed by atoms with Gasteiger partial charge in [-0.2, -0.15) is 0 Å². The van der Waals surface area contributed by atoms with Crippen LogP contribution in [0.2, 0.25) is 0 Å². The minimum atomic E-state index is -0.582. The van der Waals surface area contributed by atoms with Crippen LogP contribution in [0, 0.1) is 0 Å². The van der Waals surface area contributed by atoms with E-state index in [1.807, 2.05) is 6.92 Å². The van der Waals surface area contributed by atoms with Crippen LogP contribution in [-0.4, -0.2) is 31.4 Å². The molecule has 5 heteroatoms. The van der Waals surface area contributed by atoms with E-state index >= 15 is 0 Å². The molecule has 0 aromatic heterocycles. The minimum absolute atomic E-state index is 0.0236. The molecule has 15 heavy (non-hydrogen) atoms. The summed E-state index contributed by atoms with van der Waals surface area (Å²) >= 11 is 0. The molecule has 0 aromatic carbocycles. The minimum Gasteiger partial charge on any atom is -0.469 e. The van der Waals surface area contributed by atoms with E-state index in [1.54, 1.807) is 0 Å². The maximum absolute atomic E-state index is 11.1. The second-order valence-electron chi connectivity index (χ2n) is 3.01. The van der Waals surface area contributed by atoms with E-state index in [0.29, 0.717) is 6.61 Å². The van der Waals surface area contributed by atoms with E-state index in [-0.39, 0.29) is 25.0 Å². The fraction of sp³-hybridized carbons (Fsp3) is 0.700. The predicted molar refractivity (Wildman–Crippen MR) is 52.1 cm³/mol. The highest BCUT2D eigenvalue weighted by atomic mass is 16.5. The molecule has 0 radical (unpaired) electrons. The zero-order valence-corrected chi connectivity index (χ0v) is 9.08. The Kier molecular flexibility index (Phi) is 7.23. The molecule has 0 fully saturated rings. The molecule has 0 atom stereocenters. The van der Waals surface area contributed by atoms with Crippen molar-refractivity contribution < 1.29 is 23.9 Å². The van der Waals surface area contributed by atoms with Gasteiger partial charge >= 0.3 is 11.9 Å². The molecule has 0 saturated heterocycles. The van der Waals surface area contributed by atoms with Crippen molar-refractivity contribution in [3.05, 3.63) is 0 Å². The van der Waals surface area contributed by atoms with Gasteiger partial charge in [-0.05, 0) is 6.42 Å². The normalized spacial score (nSPS) is 9.47. The van der Waals surface area contributed by atoms with Crippen molar-refractivity contribution >= 4 is 17.7 Å². The Morgan fingerprint density at radius 2 is 1.73 bits per heavy atom. The van der Waals surface area contributed by atoms with Crippen LogP contribution in [0.1, 0.15) is 32.6 Å². The van der Waals surface area contributed by atoms with Gasteiger partial charge in [-0.3, -0.25) is 14.4 Å². The summed E-state index contributed by atoms with van der Waals surface area (Å²) < 4.78 is 9.08. The molecular formula is C10H16O5. The van der Waals surface area contributed by atoms with Crippen molar-refractivity contribution in [2.75, 3.05) is 13.7 Å². The van der Waals surface area contributed by atoms with Gasteiger partial charge < -0.3 is 9.47 Å². The van der Waals surface area contributed by atoms with E-state index in [2.05, 4.69) is 4.74 Å². The van der Waals surface area contributed by atoms with Gasteiger partial charge in [0, 0.05) is 6.42 Å². The van der Waals surface area contributed by atoms with Gasteiger partial charge in [-0.25, -0.2) is 0 Å². The van der Waals surface area contributed by atoms with Crippen LogP contribution in [0.15, 0.2) is 0 Å². The molecule has 86 valence electrons. The van der Waals surface area contributed by atoms with Crippen LogP contribution in [-0.2, 0) is 23.9 Å². The molecule has 0 rings (SSSR count). The summed E-state index contributed by atoms with van der Waals surface area (Å²) in [6, 6.07) is 0. The fourth-order valence-electron chi connectivity index (χ4n) is 0.851. The fourth-order valence-corrected chi connectivity index (χ4v) is 0.851. The van der Waals surface area contributed by atoms with Crippen LogP contribution in [0.25, 0.3) is 0 Å². The summed E-state index contributed by atoms with van der Waals surface area (Å²) in [5, 5.41) is 0. The Hall–Kier alpha value is -1.39. The first-order valence-corrected chi connectivity index (χ1v) is 4.84. The van der Waals surface area contributed by atoms with E-state index in [4.69, 9.17) is 4.74 Å². The summed E-state index contributed by atoms with van der Waals surface area (Å²) in [6.45, 7) is 2.25. The van der Waals surface area contributed by atoms with Gasteiger partial charge in [0.25, 0.3) is 0 Å². The summed E-state index contributed by atoms with van der Waals surface area (Å²) in [6.07, 6.45) is 0.521. The number of carbonyl (C=O) groups excluding carboxylic acids is 3. The maximum atomic E-state index is 11.1. The molecule has 0 spiro atoms. The number of carbonyl (C=O) groups is 3. The zero-order chi connectivity index (χ0) is 11.7. The van der Waals surface area contributed by atoms with Crippen molar-refractivity contribution in [2.24, 2.45) is 0 Å². The number of methoxy groups -OCH3 is 1. The van der Waals surface area contributed by atoms with Crippen LogP contribution in [0.4, 0.5) is 0 Å². The monoisotopic (exact) mass is 216 g/mol. The van der Waals surface area contributed by atoms with Crippen molar-refractivity contribution in [1.82, 2.24) is 0 Å². The molecule has 0 bridgehead atoms. The predicted octanol–water partition coefficient (Wildman–Crippen LogP) is 0.852. The lowest BCUT2D eigenvalue weighted by molar-refractivity contribution is -0.147. The quantitative estimate of drug-likeness (QED) is 0.466. The Morgan fingerprint density at radius 3 is 2.27 bits per heavy atom. The average molecular weight is 216 g/mol. The highest BCUT2D eigenvalue weighted by Crippen LogP contribution is 1.99. The van der Waals surface area contributed by atoms with Crippen LogP contribution in [0.5, 0.6) is 0 Å². The molecule has 0 N–H and O–H groups in total. The van der Waals surface area contributed by atoms with Crippen molar-refractivity contribution in [3.63, 3.8) is 0 Å². The van der Waals surface area contributed by atoms with E-state index in [9.17, 15) is 14.4 Å². The van der Waals surface area contributed by atoms with Gasteiger partial charge in [0.15, 0.2) is 0 Å². The number of Topliss-reactive ketones (excluding diaryl/α,β-unsaturated/α-hetero) is 1. The summed E-state index contributed by atoms with van der Waals surface area (Å²) in [5.41, 5.74) is 0. The molecule has 0 aromatic rings. The topological polar surface area (TPSA) is 69.7 Å². The second-order valence-corrected chi connectivity index (χ2v) is 3.01. The average Bonchev–Trinajstić information content (AvgIpc) is 2.23. The van der Waals surface area contributed by atoms with E-state index in [0.717, 1.165) is 6.42 Å². The van der Waals surface area contributed by atoms with Crippen molar-refractivity contribution in [1.29, 1.82) is 0 Å². The molecule has 0 amide bonds. The third-order valence-corrected chi connectivity index (χ3v) is 1.64. The van der Waals surface area contributed by atoms with E-state index < -0.39 is 11.9 Å². The number of ketones is 1. The molecule has 0 heterocycles. The van der Waals surface area contributed by atoms with Gasteiger partial charge in [0.05, 0.1) is 20.1 Å². The lowest BCUT2D eigenvalue weighted by atomic mass is 10.2. The molecule has 0 saturated carbocycles. The van der Waals surface area contributed by atoms with Gasteiger partial charge in [0.1, 0.15) is 12.2 Å². The van der Waals surface area contributed by atoms with Crippen molar-refractivity contribution in [2.45, 2.75) is 32.6 Å². The first-order valence-electron chi connectivity index (χ1n) is 4.84. The second kappa shape index (κ2) is 7.96. The van der Waals surface area contributed by atoms with Crippen LogP contribution < -0.4 is 0 Å². The zero-order valence-electron chi connectivity index (χ0n) is 9.08. The summed E-state index contributed by atoms with van der Waals surface area (Å²) in [4.78, 5) is 32.7. The number of hydrogen-bond acceptors (Lipinski definition) is 5. The lowest BCUT2D eigenvalue weighted by Crippen LogP contribution is -2.12. The van der Waals surface area contributed by atoms with E-state index in [1.165, 1.54) is 7.11 Å². The highest BCUT2D eigenvalue weighted by Gasteiger charge is 2.12. The first kappa shape index (κ1) is 13.6. The molecule has 0 aliphatic heterocycles. The number of hydrogen-bond donors (Lipinski definition) is 0. The third kappa shape index (κ3) is 7.66. The molecule has 0 aliphatic rings. The van der Waals surface area contributed by atoms with Crippen molar-refractivity contribution in [3.8, 4) is 0 Å². The number of esters is 2. The summed E-state index contributed by atoms with van der Waals surface area (Å²) in [7, 11) is 1.21. The van der Waals surface area contributed by atoms with Crippen LogP contribution in [0.3, 0.4) is 0 Å². The molecule has 5 nitrogen and oxygen atoms in total. The maximum Gasteiger partial charge on any atom is 0.313 e. The van der Waals surface area contributed by atoms with Gasteiger partial charge in [-0.1, -0.05) is 6.92 Å². The Bertz CT molecular complexity index is 234. The number of ether oxygens (including phenoxy) is 2. The smallest absolute Gasteiger partial charge is 0.313 e. The highest BCUT2D eigenvalue weighted by molar-refractivity contribution is 5.96. The van der Waals surface area contributed by atoms with Crippen LogP contribution >= 0.6 is 0 Å². The Morgan fingerprint density at radius 1 is 1.07 bits per heavy atom. The molecule has 0 unspecified atom stereocenters. The van der Waals surface area contributed by atoms with Gasteiger partial charge in [0.2, 0.25) is 0 Å². The Labute approximate surface area is 88.7 Å². The lowest BCUT2D eigenvalue weighted by Gasteiger charge is -2.02. The molecular weight excluding hydrogens is 200 g/mol. The standard InChI is InChI=1S/C10H16O5/c1-3-6-15-9(12)5-4-8(11)7-10(13)14-2/h3-7H2,1-2H3. The molecule has 0 aliphatic carbocycles. The largest absolute Gasteiger partial charge is 0.469 e. The first-order chi connectivity index (χ1) is 7.10. The Balaban J connectivity index is 3.62. The van der Waals surface area contributed by atoms with Gasteiger partial charge in [-0.15, -0.1) is 0 Å². The SMILES string of the molecule is CCCOC(=O)CCC(=O)CC(=O)OC. The summed E-state index contributed by atoms with van der Waals surface area (Å²) in [5.74, 6) is -1.30. The third-order valence-electron chi connectivity index (χ3n) is 1.64.